The van der Waals surface area contributed by atoms with Gasteiger partial charge < -0.3 is 19.7 Å². The highest BCUT2D eigenvalue weighted by atomic mass is 16.5. The van der Waals surface area contributed by atoms with Crippen LogP contribution in [0, 0.1) is 0 Å². The van der Waals surface area contributed by atoms with Crippen molar-refractivity contribution in [2.75, 3.05) is 20.2 Å². The summed E-state index contributed by atoms with van der Waals surface area (Å²) in [5.74, 6) is 0.544. The molecule has 0 fully saturated rings. The molecule has 0 aromatic heterocycles. The number of ether oxygens (including phenoxy) is 2. The largest absolute Gasteiger partial charge is 0.492 e. The van der Waals surface area contributed by atoms with E-state index in [1.54, 1.807) is 14.0 Å². The van der Waals surface area contributed by atoms with E-state index < -0.39 is 12.1 Å². The molecule has 1 atom stereocenters. The molecule has 2 aromatic carbocycles. The molecule has 0 heterocycles. The van der Waals surface area contributed by atoms with Crippen LogP contribution >= 0.6 is 0 Å². The first-order valence-electron chi connectivity index (χ1n) is 8.46. The molecule has 1 N–H and O–H groups in total. The van der Waals surface area contributed by atoms with Gasteiger partial charge in [-0.3, -0.25) is 4.79 Å². The Morgan fingerprint density at radius 2 is 1.65 bits per heavy atom. The monoisotopic (exact) mass is 356 g/mol. The predicted octanol–water partition coefficient (Wildman–Crippen LogP) is 2.84. The van der Waals surface area contributed by atoms with Crippen LogP contribution in [0.15, 0.2) is 60.7 Å². The molecule has 6 heteroatoms. The van der Waals surface area contributed by atoms with Gasteiger partial charge in [0.2, 0.25) is 5.91 Å². The van der Waals surface area contributed by atoms with E-state index in [2.05, 4.69) is 5.32 Å². The van der Waals surface area contributed by atoms with Gasteiger partial charge in [-0.15, -0.1) is 0 Å². The van der Waals surface area contributed by atoms with Crippen molar-refractivity contribution in [1.82, 2.24) is 10.2 Å². The van der Waals surface area contributed by atoms with E-state index in [0.717, 1.165) is 11.3 Å². The third-order valence-corrected chi connectivity index (χ3v) is 3.73. The van der Waals surface area contributed by atoms with Crippen LogP contribution in [0.3, 0.4) is 0 Å². The van der Waals surface area contributed by atoms with Gasteiger partial charge in [-0.25, -0.2) is 4.79 Å². The topological polar surface area (TPSA) is 67.9 Å². The SMILES string of the molecule is C[C@H](NC(=O)OCc1ccccc1)C(=O)N(C)CCOc1ccccc1. The highest BCUT2D eigenvalue weighted by Gasteiger charge is 2.20. The van der Waals surface area contributed by atoms with Gasteiger partial charge >= 0.3 is 6.09 Å². The first-order chi connectivity index (χ1) is 12.6. The number of alkyl carbamates (subject to hydrolysis) is 1. The molecule has 2 amide bonds. The first kappa shape index (κ1) is 19.3. The van der Waals surface area contributed by atoms with Crippen LogP contribution < -0.4 is 10.1 Å². The zero-order valence-electron chi connectivity index (χ0n) is 15.1. The standard InChI is InChI=1S/C20H24N2O4/c1-16(21-20(24)26-15-17-9-5-3-6-10-17)19(23)22(2)13-14-25-18-11-7-4-8-12-18/h3-12,16H,13-15H2,1-2H3,(H,21,24)/t16-/m0/s1. The summed E-state index contributed by atoms with van der Waals surface area (Å²) in [6.07, 6.45) is -0.622. The second kappa shape index (κ2) is 10.1. The number of amides is 2. The maximum absolute atomic E-state index is 12.3. The average molecular weight is 356 g/mol. The van der Waals surface area contributed by atoms with E-state index in [0.29, 0.717) is 13.2 Å². The zero-order valence-corrected chi connectivity index (χ0v) is 15.1. The Morgan fingerprint density at radius 1 is 1.04 bits per heavy atom. The maximum Gasteiger partial charge on any atom is 0.408 e. The molecule has 0 aliphatic carbocycles. The molecule has 0 unspecified atom stereocenters. The number of nitrogens with zero attached hydrogens (tertiary/aromatic N) is 1. The number of rotatable bonds is 8. The van der Waals surface area contributed by atoms with Crippen molar-refractivity contribution in [1.29, 1.82) is 0 Å². The number of nitrogens with one attached hydrogen (secondary N) is 1. The second-order valence-corrected chi connectivity index (χ2v) is 5.85. The van der Waals surface area contributed by atoms with Gasteiger partial charge in [-0.1, -0.05) is 48.5 Å². The number of likely N-dealkylation sites (N-methyl/N-ethyl adjacent to an activating group) is 1. The predicted molar refractivity (Wildman–Crippen MR) is 98.8 cm³/mol. The van der Waals surface area contributed by atoms with Gasteiger partial charge in [0.15, 0.2) is 0 Å². The quantitative estimate of drug-likeness (QED) is 0.790. The molecular weight excluding hydrogens is 332 g/mol. The Balaban J connectivity index is 1.69. The fraction of sp³-hybridized carbons (Fsp3) is 0.300. The van der Waals surface area contributed by atoms with Crippen molar-refractivity contribution in [2.45, 2.75) is 19.6 Å². The summed E-state index contributed by atoms with van der Waals surface area (Å²) in [5.41, 5.74) is 0.886. The van der Waals surface area contributed by atoms with Crippen LogP contribution in [0.1, 0.15) is 12.5 Å². The van der Waals surface area contributed by atoms with Gasteiger partial charge in [-0.2, -0.15) is 0 Å². The molecule has 2 rings (SSSR count). The summed E-state index contributed by atoms with van der Waals surface area (Å²) < 4.78 is 10.7. The van der Waals surface area contributed by atoms with Crippen LogP contribution in [0.2, 0.25) is 0 Å². The molecule has 0 saturated heterocycles. The van der Waals surface area contributed by atoms with E-state index in [4.69, 9.17) is 9.47 Å². The maximum atomic E-state index is 12.3. The highest BCUT2D eigenvalue weighted by Crippen LogP contribution is 2.08. The first-order valence-corrected chi connectivity index (χ1v) is 8.46. The lowest BCUT2D eigenvalue weighted by Crippen LogP contribution is -2.46. The Hall–Kier alpha value is -3.02. The van der Waals surface area contributed by atoms with Crippen molar-refractivity contribution in [3.8, 4) is 5.75 Å². The summed E-state index contributed by atoms with van der Waals surface area (Å²) in [6, 6.07) is 18.1. The van der Waals surface area contributed by atoms with Crippen LogP contribution in [0.25, 0.3) is 0 Å². The summed E-state index contributed by atoms with van der Waals surface area (Å²) in [5, 5.41) is 2.55. The fourth-order valence-corrected chi connectivity index (χ4v) is 2.26. The number of hydrogen-bond acceptors (Lipinski definition) is 4. The van der Waals surface area contributed by atoms with Crippen molar-refractivity contribution >= 4 is 12.0 Å². The number of para-hydroxylation sites is 1. The van der Waals surface area contributed by atoms with Crippen LogP contribution in [-0.4, -0.2) is 43.1 Å². The molecule has 0 aliphatic heterocycles. The molecular formula is C20H24N2O4. The molecule has 138 valence electrons. The minimum absolute atomic E-state index is 0.161. The van der Waals surface area contributed by atoms with E-state index >= 15 is 0 Å². The molecule has 0 bridgehead atoms. The number of carbonyl (C=O) groups excluding carboxylic acids is 2. The molecule has 0 aliphatic rings. The highest BCUT2D eigenvalue weighted by molar-refractivity contribution is 5.85. The zero-order chi connectivity index (χ0) is 18.8. The minimum atomic E-state index is -0.681. The minimum Gasteiger partial charge on any atom is -0.492 e. The van der Waals surface area contributed by atoms with E-state index in [-0.39, 0.29) is 12.5 Å². The Kier molecular flexibility index (Phi) is 7.49. The Labute approximate surface area is 153 Å². The molecule has 0 radical (unpaired) electrons. The summed E-state index contributed by atoms with van der Waals surface area (Å²) in [6.45, 7) is 2.57. The van der Waals surface area contributed by atoms with Gasteiger partial charge in [-0.05, 0) is 24.6 Å². The number of carbonyl (C=O) groups is 2. The fourth-order valence-electron chi connectivity index (χ4n) is 2.26. The van der Waals surface area contributed by atoms with E-state index in [1.165, 1.54) is 4.90 Å². The van der Waals surface area contributed by atoms with Crippen molar-refractivity contribution in [3.05, 3.63) is 66.2 Å². The van der Waals surface area contributed by atoms with Gasteiger partial charge in [0.05, 0.1) is 6.54 Å². The van der Waals surface area contributed by atoms with Gasteiger partial charge in [0.25, 0.3) is 0 Å². The molecule has 0 saturated carbocycles. The molecule has 26 heavy (non-hydrogen) atoms. The summed E-state index contributed by atoms with van der Waals surface area (Å²) in [4.78, 5) is 25.6. The van der Waals surface area contributed by atoms with Gasteiger partial charge in [0.1, 0.15) is 25.0 Å². The lowest BCUT2D eigenvalue weighted by atomic mass is 10.2. The average Bonchev–Trinajstić information content (AvgIpc) is 2.67. The molecule has 0 spiro atoms. The van der Waals surface area contributed by atoms with Gasteiger partial charge in [0, 0.05) is 7.05 Å². The Morgan fingerprint density at radius 3 is 2.31 bits per heavy atom. The third-order valence-electron chi connectivity index (χ3n) is 3.73. The lowest BCUT2D eigenvalue weighted by molar-refractivity contribution is -0.131. The second-order valence-electron chi connectivity index (χ2n) is 5.85. The lowest BCUT2D eigenvalue weighted by Gasteiger charge is -2.22. The summed E-state index contributed by atoms with van der Waals surface area (Å²) >= 11 is 0. The van der Waals surface area contributed by atoms with Crippen LogP contribution in [0.4, 0.5) is 4.79 Å². The van der Waals surface area contributed by atoms with E-state index in [1.807, 2.05) is 60.7 Å². The van der Waals surface area contributed by atoms with E-state index in [9.17, 15) is 9.59 Å². The number of hydrogen-bond donors (Lipinski definition) is 1. The van der Waals surface area contributed by atoms with Crippen molar-refractivity contribution in [3.63, 3.8) is 0 Å². The number of benzene rings is 2. The Bertz CT molecular complexity index is 691. The normalized spacial score (nSPS) is 11.3. The summed E-state index contributed by atoms with van der Waals surface area (Å²) in [7, 11) is 1.67. The van der Waals surface area contributed by atoms with Crippen molar-refractivity contribution < 1.29 is 19.1 Å². The van der Waals surface area contributed by atoms with Crippen molar-refractivity contribution in [2.24, 2.45) is 0 Å². The van der Waals surface area contributed by atoms with Crippen LogP contribution in [-0.2, 0) is 16.1 Å². The third kappa shape index (κ3) is 6.47. The smallest absolute Gasteiger partial charge is 0.408 e. The molecule has 6 nitrogen and oxygen atoms in total. The molecule has 2 aromatic rings. The van der Waals surface area contributed by atoms with Crippen LogP contribution in [0.5, 0.6) is 5.75 Å².